The number of carbonyl (C=O) groups is 2. The molecule has 5 nitrogen and oxygen atoms in total. The minimum atomic E-state index is -0.895. The van der Waals surface area contributed by atoms with Gasteiger partial charge in [-0.05, 0) is 25.0 Å². The Morgan fingerprint density at radius 1 is 1.38 bits per heavy atom. The highest BCUT2D eigenvalue weighted by molar-refractivity contribution is 7.99. The van der Waals surface area contributed by atoms with Crippen molar-refractivity contribution in [3.63, 3.8) is 0 Å². The maximum atomic E-state index is 11.9. The normalized spacial score (nSPS) is 29.4. The molecule has 0 spiro atoms. The van der Waals surface area contributed by atoms with Gasteiger partial charge in [0, 0.05) is 18.3 Å². The van der Waals surface area contributed by atoms with Gasteiger partial charge in [-0.3, -0.25) is 0 Å². The third kappa shape index (κ3) is 2.42. The van der Waals surface area contributed by atoms with E-state index in [1.165, 1.54) is 4.90 Å². The zero-order valence-electron chi connectivity index (χ0n) is 9.02. The summed E-state index contributed by atoms with van der Waals surface area (Å²) in [5, 5.41) is 11.9. The fraction of sp³-hybridized carbons (Fsp3) is 0.800. The summed E-state index contributed by atoms with van der Waals surface area (Å²) in [4.78, 5) is 24.2. The summed E-state index contributed by atoms with van der Waals surface area (Å²) in [6.45, 7) is 0.558. The van der Waals surface area contributed by atoms with E-state index in [9.17, 15) is 9.59 Å². The zero-order valence-corrected chi connectivity index (χ0v) is 9.83. The Hall–Kier alpha value is -0.910. The zero-order chi connectivity index (χ0) is 11.5. The number of hydrogen-bond donors (Lipinski definition) is 2. The first-order chi connectivity index (χ1) is 7.68. The van der Waals surface area contributed by atoms with Crippen molar-refractivity contribution in [1.29, 1.82) is 0 Å². The number of urea groups is 1. The Kier molecular flexibility index (Phi) is 3.58. The molecule has 90 valence electrons. The van der Waals surface area contributed by atoms with E-state index in [2.05, 4.69) is 5.32 Å². The summed E-state index contributed by atoms with van der Waals surface area (Å²) in [6.07, 6.45) is 2.34. The van der Waals surface area contributed by atoms with Crippen LogP contribution in [0.2, 0.25) is 0 Å². The van der Waals surface area contributed by atoms with Gasteiger partial charge in [0.15, 0.2) is 0 Å². The van der Waals surface area contributed by atoms with E-state index in [0.717, 1.165) is 24.3 Å². The second kappa shape index (κ2) is 4.95. The van der Waals surface area contributed by atoms with Crippen LogP contribution in [0.5, 0.6) is 0 Å². The van der Waals surface area contributed by atoms with E-state index in [0.29, 0.717) is 13.0 Å². The molecular formula is C10H16N2O3S. The summed E-state index contributed by atoms with van der Waals surface area (Å²) < 4.78 is 0. The number of nitrogens with one attached hydrogen (secondary N) is 1. The first kappa shape index (κ1) is 11.6. The van der Waals surface area contributed by atoms with E-state index >= 15 is 0 Å². The van der Waals surface area contributed by atoms with Gasteiger partial charge in [-0.25, -0.2) is 9.59 Å². The first-order valence-corrected chi connectivity index (χ1v) is 6.71. The number of likely N-dealkylation sites (tertiary alicyclic amines) is 1. The van der Waals surface area contributed by atoms with Gasteiger partial charge in [0.2, 0.25) is 0 Å². The van der Waals surface area contributed by atoms with Crippen LogP contribution in [0.15, 0.2) is 0 Å². The Balaban J connectivity index is 1.90. The molecule has 2 fully saturated rings. The van der Waals surface area contributed by atoms with Crippen molar-refractivity contribution in [3.8, 4) is 0 Å². The van der Waals surface area contributed by atoms with Crippen LogP contribution in [-0.4, -0.2) is 52.1 Å². The predicted molar refractivity (Wildman–Crippen MR) is 61.6 cm³/mol. The maximum absolute atomic E-state index is 11.9. The van der Waals surface area contributed by atoms with Crippen LogP contribution in [0.25, 0.3) is 0 Å². The molecule has 2 aliphatic rings. The Morgan fingerprint density at radius 3 is 2.81 bits per heavy atom. The minimum absolute atomic E-state index is 0.211. The molecule has 2 N–H and O–H groups in total. The summed E-state index contributed by atoms with van der Waals surface area (Å²) >= 11 is 1.82. The van der Waals surface area contributed by atoms with Gasteiger partial charge in [0.1, 0.15) is 6.04 Å². The van der Waals surface area contributed by atoms with Gasteiger partial charge in [0.05, 0.1) is 0 Å². The number of carbonyl (C=O) groups excluding carboxylic acids is 1. The number of amides is 2. The lowest BCUT2D eigenvalue weighted by molar-refractivity contribution is -0.141. The molecular weight excluding hydrogens is 228 g/mol. The molecule has 6 heteroatoms. The number of carboxylic acids is 1. The second-order valence-corrected chi connectivity index (χ2v) is 5.35. The van der Waals surface area contributed by atoms with Crippen LogP contribution in [0.4, 0.5) is 4.79 Å². The van der Waals surface area contributed by atoms with Crippen LogP contribution >= 0.6 is 11.8 Å². The molecule has 2 heterocycles. The van der Waals surface area contributed by atoms with Crippen LogP contribution < -0.4 is 5.32 Å². The van der Waals surface area contributed by atoms with Crippen LogP contribution in [-0.2, 0) is 4.79 Å². The van der Waals surface area contributed by atoms with Crippen molar-refractivity contribution >= 4 is 23.8 Å². The number of thioether (sulfide) groups is 1. The maximum Gasteiger partial charge on any atom is 0.326 e. The largest absolute Gasteiger partial charge is 0.480 e. The first-order valence-electron chi connectivity index (χ1n) is 5.56. The number of hydrogen-bond acceptors (Lipinski definition) is 3. The molecule has 2 rings (SSSR count). The third-order valence-electron chi connectivity index (χ3n) is 3.06. The average Bonchev–Trinajstić information content (AvgIpc) is 2.86. The summed E-state index contributed by atoms with van der Waals surface area (Å²) in [6, 6.07) is -0.626. The molecule has 0 saturated carbocycles. The number of nitrogens with zero attached hydrogens (tertiary/aromatic N) is 1. The minimum Gasteiger partial charge on any atom is -0.480 e. The number of carboxylic acid groups (broad SMARTS) is 1. The molecule has 0 aliphatic carbocycles. The van der Waals surface area contributed by atoms with Crippen molar-refractivity contribution in [1.82, 2.24) is 10.2 Å². The molecule has 2 saturated heterocycles. The molecule has 0 bridgehead atoms. The van der Waals surface area contributed by atoms with E-state index in [-0.39, 0.29) is 12.1 Å². The van der Waals surface area contributed by atoms with Crippen molar-refractivity contribution in [2.75, 3.05) is 18.1 Å². The lowest BCUT2D eigenvalue weighted by Crippen LogP contribution is -2.49. The van der Waals surface area contributed by atoms with E-state index < -0.39 is 12.0 Å². The van der Waals surface area contributed by atoms with Crippen LogP contribution in [0.3, 0.4) is 0 Å². The molecule has 2 atom stereocenters. The van der Waals surface area contributed by atoms with Gasteiger partial charge >= 0.3 is 12.0 Å². The fourth-order valence-corrected chi connectivity index (χ4v) is 3.32. The van der Waals surface area contributed by atoms with E-state index in [1.54, 1.807) is 0 Å². The molecule has 16 heavy (non-hydrogen) atoms. The molecule has 0 radical (unpaired) electrons. The summed E-state index contributed by atoms with van der Waals surface area (Å²) in [5.41, 5.74) is 0. The highest BCUT2D eigenvalue weighted by Crippen LogP contribution is 2.20. The number of aliphatic carboxylic acids is 1. The third-order valence-corrected chi connectivity index (χ3v) is 4.22. The standard InChI is InChI=1S/C10H16N2O3S/c13-9(14)8-2-1-4-12(8)10(15)11-7-3-5-16-6-7/h7-8H,1-6H2,(H,11,15)(H,13,14). The average molecular weight is 244 g/mol. The molecule has 0 aromatic rings. The van der Waals surface area contributed by atoms with Gasteiger partial charge in [-0.2, -0.15) is 11.8 Å². The van der Waals surface area contributed by atoms with Gasteiger partial charge in [-0.1, -0.05) is 0 Å². The van der Waals surface area contributed by atoms with Crippen LogP contribution in [0, 0.1) is 0 Å². The molecule has 2 amide bonds. The van der Waals surface area contributed by atoms with E-state index in [1.807, 2.05) is 11.8 Å². The SMILES string of the molecule is O=C(O)C1CCCN1C(=O)NC1CCSC1. The van der Waals surface area contributed by atoms with Crippen molar-refractivity contribution < 1.29 is 14.7 Å². The molecule has 2 aliphatic heterocycles. The fourth-order valence-electron chi connectivity index (χ4n) is 2.17. The molecule has 0 aromatic carbocycles. The van der Waals surface area contributed by atoms with Crippen LogP contribution in [0.1, 0.15) is 19.3 Å². The second-order valence-electron chi connectivity index (χ2n) is 4.20. The lowest BCUT2D eigenvalue weighted by atomic mass is 10.2. The molecule has 2 unspecified atom stereocenters. The topological polar surface area (TPSA) is 69.6 Å². The predicted octanol–water partition coefficient (Wildman–Crippen LogP) is 0.751. The summed E-state index contributed by atoms with van der Waals surface area (Å²) in [5.74, 6) is 1.12. The highest BCUT2D eigenvalue weighted by atomic mass is 32.2. The van der Waals surface area contributed by atoms with Gasteiger partial charge in [0.25, 0.3) is 0 Å². The Bertz CT molecular complexity index is 292. The number of rotatable bonds is 2. The lowest BCUT2D eigenvalue weighted by Gasteiger charge is -2.23. The summed E-state index contributed by atoms with van der Waals surface area (Å²) in [7, 11) is 0. The van der Waals surface area contributed by atoms with Crippen molar-refractivity contribution in [2.45, 2.75) is 31.3 Å². The monoisotopic (exact) mass is 244 g/mol. The smallest absolute Gasteiger partial charge is 0.326 e. The van der Waals surface area contributed by atoms with Gasteiger partial charge < -0.3 is 15.3 Å². The van der Waals surface area contributed by atoms with E-state index in [4.69, 9.17) is 5.11 Å². The molecule has 0 aromatic heterocycles. The highest BCUT2D eigenvalue weighted by Gasteiger charge is 2.34. The van der Waals surface area contributed by atoms with Crippen molar-refractivity contribution in [3.05, 3.63) is 0 Å². The van der Waals surface area contributed by atoms with Gasteiger partial charge in [-0.15, -0.1) is 0 Å². The quantitative estimate of drug-likeness (QED) is 0.752. The van der Waals surface area contributed by atoms with Crippen molar-refractivity contribution in [2.24, 2.45) is 0 Å². The Morgan fingerprint density at radius 2 is 2.19 bits per heavy atom. The Labute approximate surface area is 98.6 Å².